The standard InChI is InChI=1S/C25H30N6O2.HI/c1-26-25(28-18-21-19-33-24(29-21)20-8-4-2-5-9-20)27-13-12-23(32)31-16-14-30(15-17-31)22-10-6-3-7-11-22;/h2-11,19H,12-18H2,1H3,(H2,26,27,28);1H. The fourth-order valence-electron chi connectivity index (χ4n) is 3.80. The summed E-state index contributed by atoms with van der Waals surface area (Å²) in [7, 11) is 1.71. The van der Waals surface area contributed by atoms with Crippen LogP contribution in [-0.4, -0.2) is 61.5 Å². The van der Waals surface area contributed by atoms with Crippen LogP contribution in [0.15, 0.2) is 76.3 Å². The fraction of sp³-hybridized carbons (Fsp3) is 0.320. The molecule has 34 heavy (non-hydrogen) atoms. The van der Waals surface area contributed by atoms with Crippen molar-refractivity contribution >= 4 is 41.5 Å². The SMILES string of the molecule is CN=C(NCCC(=O)N1CCN(c2ccccc2)CC1)NCc1coc(-c2ccccc2)n1.I. The van der Waals surface area contributed by atoms with Crippen molar-refractivity contribution in [1.82, 2.24) is 20.5 Å². The first-order chi connectivity index (χ1) is 16.2. The summed E-state index contributed by atoms with van der Waals surface area (Å²) >= 11 is 0. The summed E-state index contributed by atoms with van der Waals surface area (Å²) in [5.41, 5.74) is 2.93. The first-order valence-electron chi connectivity index (χ1n) is 11.2. The molecule has 0 atom stereocenters. The number of anilines is 1. The van der Waals surface area contributed by atoms with Gasteiger partial charge in [-0.15, -0.1) is 24.0 Å². The number of carbonyl (C=O) groups is 1. The molecule has 0 radical (unpaired) electrons. The number of carbonyl (C=O) groups excluding carboxylic acids is 1. The van der Waals surface area contributed by atoms with Gasteiger partial charge in [0, 0.05) is 57.4 Å². The van der Waals surface area contributed by atoms with Crippen molar-refractivity contribution < 1.29 is 9.21 Å². The molecule has 0 bridgehead atoms. The zero-order valence-corrected chi connectivity index (χ0v) is 21.6. The van der Waals surface area contributed by atoms with E-state index in [1.54, 1.807) is 13.3 Å². The molecule has 8 nitrogen and oxygen atoms in total. The second-order valence-corrected chi connectivity index (χ2v) is 7.82. The minimum Gasteiger partial charge on any atom is -0.444 e. The number of oxazole rings is 1. The van der Waals surface area contributed by atoms with Crippen LogP contribution in [-0.2, 0) is 11.3 Å². The first-order valence-corrected chi connectivity index (χ1v) is 11.2. The van der Waals surface area contributed by atoms with Crippen molar-refractivity contribution in [2.24, 2.45) is 4.99 Å². The maximum Gasteiger partial charge on any atom is 0.226 e. The molecule has 0 saturated carbocycles. The van der Waals surface area contributed by atoms with Gasteiger partial charge in [0.05, 0.1) is 12.2 Å². The summed E-state index contributed by atoms with van der Waals surface area (Å²) in [6.07, 6.45) is 2.06. The number of aliphatic imine (C=N–C) groups is 1. The van der Waals surface area contributed by atoms with E-state index in [0.717, 1.165) is 37.4 Å². The lowest BCUT2D eigenvalue weighted by atomic mass is 10.2. The Morgan fingerprint density at radius 1 is 1.00 bits per heavy atom. The van der Waals surface area contributed by atoms with Crippen molar-refractivity contribution in [3.8, 4) is 11.5 Å². The molecular formula is C25H31IN6O2. The zero-order chi connectivity index (χ0) is 22.9. The van der Waals surface area contributed by atoms with Crippen molar-refractivity contribution in [3.63, 3.8) is 0 Å². The molecule has 1 saturated heterocycles. The third-order valence-corrected chi connectivity index (χ3v) is 5.62. The number of guanidine groups is 1. The van der Waals surface area contributed by atoms with Crippen LogP contribution in [0.4, 0.5) is 5.69 Å². The molecule has 4 rings (SSSR count). The van der Waals surface area contributed by atoms with E-state index in [0.29, 0.717) is 31.4 Å². The summed E-state index contributed by atoms with van der Waals surface area (Å²) in [6, 6.07) is 20.1. The van der Waals surface area contributed by atoms with Crippen molar-refractivity contribution in [2.45, 2.75) is 13.0 Å². The summed E-state index contributed by atoms with van der Waals surface area (Å²) in [5.74, 6) is 1.38. The molecule has 1 aliphatic heterocycles. The minimum atomic E-state index is 0. The number of hydrogen-bond acceptors (Lipinski definition) is 5. The molecule has 0 aliphatic carbocycles. The second kappa shape index (κ2) is 13.0. The number of nitrogens with one attached hydrogen (secondary N) is 2. The van der Waals surface area contributed by atoms with Crippen LogP contribution in [0.2, 0.25) is 0 Å². The van der Waals surface area contributed by atoms with E-state index in [1.807, 2.05) is 53.4 Å². The Balaban J connectivity index is 0.00000324. The van der Waals surface area contributed by atoms with E-state index < -0.39 is 0 Å². The van der Waals surface area contributed by atoms with Crippen molar-refractivity contribution in [2.75, 3.05) is 44.7 Å². The zero-order valence-electron chi connectivity index (χ0n) is 19.3. The molecule has 1 aromatic heterocycles. The molecule has 2 N–H and O–H groups in total. The van der Waals surface area contributed by atoms with Crippen molar-refractivity contribution in [3.05, 3.63) is 72.6 Å². The highest BCUT2D eigenvalue weighted by Crippen LogP contribution is 2.18. The Morgan fingerprint density at radius 3 is 2.35 bits per heavy atom. The molecule has 2 heterocycles. The van der Waals surface area contributed by atoms with E-state index >= 15 is 0 Å². The lowest BCUT2D eigenvalue weighted by molar-refractivity contribution is -0.131. The molecule has 1 fully saturated rings. The first kappa shape index (κ1) is 25.5. The van der Waals surface area contributed by atoms with E-state index in [4.69, 9.17) is 4.42 Å². The highest BCUT2D eigenvalue weighted by atomic mass is 127. The predicted molar refractivity (Wildman–Crippen MR) is 145 cm³/mol. The Bertz CT molecular complexity index is 1050. The maximum atomic E-state index is 12.6. The van der Waals surface area contributed by atoms with Gasteiger partial charge < -0.3 is 24.9 Å². The Labute approximate surface area is 217 Å². The highest BCUT2D eigenvalue weighted by Gasteiger charge is 2.20. The Kier molecular flexibility index (Phi) is 9.75. The van der Waals surface area contributed by atoms with Gasteiger partial charge in [0.1, 0.15) is 6.26 Å². The van der Waals surface area contributed by atoms with Crippen LogP contribution < -0.4 is 15.5 Å². The van der Waals surface area contributed by atoms with E-state index in [2.05, 4.69) is 37.6 Å². The van der Waals surface area contributed by atoms with Crippen LogP contribution >= 0.6 is 24.0 Å². The molecule has 9 heteroatoms. The van der Waals surface area contributed by atoms with Gasteiger partial charge in [-0.3, -0.25) is 9.79 Å². The van der Waals surface area contributed by atoms with Gasteiger partial charge in [-0.2, -0.15) is 0 Å². The van der Waals surface area contributed by atoms with Gasteiger partial charge in [0.15, 0.2) is 5.96 Å². The summed E-state index contributed by atoms with van der Waals surface area (Å²) in [5, 5.41) is 6.42. The summed E-state index contributed by atoms with van der Waals surface area (Å²) in [6.45, 7) is 4.20. The molecule has 180 valence electrons. The largest absolute Gasteiger partial charge is 0.444 e. The van der Waals surface area contributed by atoms with Crippen LogP contribution in [0.1, 0.15) is 12.1 Å². The topological polar surface area (TPSA) is 86.0 Å². The molecule has 0 unspecified atom stereocenters. The van der Waals surface area contributed by atoms with Crippen LogP contribution in [0, 0.1) is 0 Å². The van der Waals surface area contributed by atoms with E-state index in [-0.39, 0.29) is 29.9 Å². The summed E-state index contributed by atoms with van der Waals surface area (Å²) in [4.78, 5) is 25.6. The summed E-state index contributed by atoms with van der Waals surface area (Å²) < 4.78 is 5.57. The fourth-order valence-corrected chi connectivity index (χ4v) is 3.80. The predicted octanol–water partition coefficient (Wildman–Crippen LogP) is 3.36. The van der Waals surface area contributed by atoms with Crippen molar-refractivity contribution in [1.29, 1.82) is 0 Å². The minimum absolute atomic E-state index is 0. The van der Waals surface area contributed by atoms with Gasteiger partial charge >= 0.3 is 0 Å². The quantitative estimate of drug-likeness (QED) is 0.256. The number of rotatable bonds is 7. The van der Waals surface area contributed by atoms with Gasteiger partial charge in [-0.1, -0.05) is 36.4 Å². The second-order valence-electron chi connectivity index (χ2n) is 7.82. The van der Waals surface area contributed by atoms with Gasteiger partial charge in [0.25, 0.3) is 0 Å². The Morgan fingerprint density at radius 2 is 1.68 bits per heavy atom. The number of amides is 1. The number of piperazine rings is 1. The van der Waals surface area contributed by atoms with Crippen LogP contribution in [0.3, 0.4) is 0 Å². The van der Waals surface area contributed by atoms with Crippen LogP contribution in [0.5, 0.6) is 0 Å². The monoisotopic (exact) mass is 574 g/mol. The number of para-hydroxylation sites is 1. The molecule has 3 aromatic rings. The average Bonchev–Trinajstić information content (AvgIpc) is 3.36. The lowest BCUT2D eigenvalue weighted by Gasteiger charge is -2.36. The third kappa shape index (κ3) is 6.96. The average molecular weight is 574 g/mol. The van der Waals surface area contributed by atoms with E-state index in [9.17, 15) is 4.79 Å². The molecule has 1 amide bonds. The molecule has 2 aromatic carbocycles. The number of benzene rings is 2. The van der Waals surface area contributed by atoms with Gasteiger partial charge in [-0.25, -0.2) is 4.98 Å². The maximum absolute atomic E-state index is 12.6. The molecule has 0 spiro atoms. The van der Waals surface area contributed by atoms with Crippen LogP contribution in [0.25, 0.3) is 11.5 Å². The normalized spacial score (nSPS) is 13.9. The number of hydrogen-bond donors (Lipinski definition) is 2. The smallest absolute Gasteiger partial charge is 0.226 e. The van der Waals surface area contributed by atoms with E-state index in [1.165, 1.54) is 5.69 Å². The number of aromatic nitrogens is 1. The molecular weight excluding hydrogens is 543 g/mol. The van der Waals surface area contributed by atoms with Gasteiger partial charge in [-0.05, 0) is 24.3 Å². The number of halogens is 1. The Hall–Kier alpha value is -3.08. The van der Waals surface area contributed by atoms with Gasteiger partial charge in [0.2, 0.25) is 11.8 Å². The molecule has 1 aliphatic rings. The third-order valence-electron chi connectivity index (χ3n) is 5.62. The number of nitrogens with zero attached hydrogens (tertiary/aromatic N) is 4. The lowest BCUT2D eigenvalue weighted by Crippen LogP contribution is -2.49. The highest BCUT2D eigenvalue weighted by molar-refractivity contribution is 14.0.